The van der Waals surface area contributed by atoms with Crippen LogP contribution >= 0.6 is 9.24 Å². The van der Waals surface area contributed by atoms with Crippen molar-refractivity contribution < 1.29 is 17.1 Å². The molecule has 0 nitrogen and oxygen atoms in total. The minimum Gasteiger partial charge on any atom is -0.748 e. The van der Waals surface area contributed by atoms with E-state index in [0.29, 0.717) is 0 Å². The molecule has 100 valence electrons. The van der Waals surface area contributed by atoms with Crippen molar-refractivity contribution in [1.29, 1.82) is 0 Å². The molecule has 0 aliphatic rings. The monoisotopic (exact) mass is 288 g/mol. The van der Waals surface area contributed by atoms with Gasteiger partial charge in [-0.05, 0) is 6.16 Å². The molecule has 0 N–H and O–H groups in total. The molecule has 0 radical (unpaired) electrons. The third-order valence-corrected chi connectivity index (χ3v) is 3.02. The fourth-order valence-corrected chi connectivity index (χ4v) is 2.02. The first-order valence-electron chi connectivity index (χ1n) is 5.98. The van der Waals surface area contributed by atoms with Gasteiger partial charge in [0.05, 0.1) is 0 Å². The Morgan fingerprint density at radius 3 is 2.24 bits per heavy atom. The van der Waals surface area contributed by atoms with Crippen LogP contribution in [0.2, 0.25) is 0 Å². The molecular weight excluding hydrogens is 267 g/mol. The van der Waals surface area contributed by atoms with Gasteiger partial charge < -0.3 is 30.3 Å². The molecule has 17 heavy (non-hydrogen) atoms. The Hall–Kier alpha value is -0.351. The number of rotatable bonds is 4. The molecule has 2 rings (SSSR count). The van der Waals surface area contributed by atoms with Crippen LogP contribution in [0.3, 0.4) is 0 Å². The normalized spacial score (nSPS) is 9.06. The van der Waals surface area contributed by atoms with Gasteiger partial charge in [-0.1, -0.05) is 26.2 Å². The molecule has 0 amide bonds. The van der Waals surface area contributed by atoms with Crippen LogP contribution in [0.4, 0.5) is 0 Å². The van der Waals surface area contributed by atoms with Gasteiger partial charge in [-0.15, -0.1) is 9.24 Å². The quantitative estimate of drug-likeness (QED) is 0.440. The average molecular weight is 288 g/mol. The van der Waals surface area contributed by atoms with Crippen LogP contribution in [0.5, 0.6) is 0 Å². The molecule has 0 heterocycles. The number of hydrogen-bond donors (Lipinski definition) is 0. The van der Waals surface area contributed by atoms with E-state index >= 15 is 0 Å². The van der Waals surface area contributed by atoms with Crippen LogP contribution in [0.1, 0.15) is 30.9 Å². The summed E-state index contributed by atoms with van der Waals surface area (Å²) >= 11 is 0. The summed E-state index contributed by atoms with van der Waals surface area (Å²) in [6.45, 7) is 2.24. The molecule has 0 saturated heterocycles. The Kier molecular flexibility index (Phi) is 10.6. The zero-order valence-electron chi connectivity index (χ0n) is 10.4. The first kappa shape index (κ1) is 16.6. The first-order valence-corrected chi connectivity index (χ1v) is 6.80. The van der Waals surface area contributed by atoms with E-state index in [-0.39, 0.29) is 17.1 Å². The average Bonchev–Trinajstić information content (AvgIpc) is 2.99. The summed E-state index contributed by atoms with van der Waals surface area (Å²) in [5.41, 5.74) is 3.05. The number of unbranched alkanes of at least 4 members (excludes halogenated alkanes) is 1. The fourth-order valence-electron chi connectivity index (χ4n) is 1.63. The van der Waals surface area contributed by atoms with Crippen LogP contribution in [-0.4, -0.2) is 0 Å². The van der Waals surface area contributed by atoms with Crippen LogP contribution < -0.4 is 0 Å². The van der Waals surface area contributed by atoms with Gasteiger partial charge in [0.25, 0.3) is 0 Å². The van der Waals surface area contributed by atoms with Gasteiger partial charge in [0, 0.05) is 17.1 Å². The van der Waals surface area contributed by atoms with Crippen molar-refractivity contribution in [2.45, 2.75) is 32.3 Å². The summed E-state index contributed by atoms with van der Waals surface area (Å²) in [4.78, 5) is 0. The van der Waals surface area contributed by atoms with Crippen LogP contribution in [0.15, 0.2) is 48.5 Å². The Morgan fingerprint density at radius 2 is 1.76 bits per heavy atom. The third-order valence-electron chi connectivity index (χ3n) is 2.58. The topological polar surface area (TPSA) is 0 Å². The van der Waals surface area contributed by atoms with Crippen molar-refractivity contribution in [3.8, 4) is 0 Å². The van der Waals surface area contributed by atoms with Crippen molar-refractivity contribution in [3.05, 3.63) is 59.7 Å². The molecule has 0 aliphatic carbocycles. The largest absolute Gasteiger partial charge is 0.748 e. The molecule has 1 atom stereocenters. The zero-order valence-corrected chi connectivity index (χ0v) is 12.6. The van der Waals surface area contributed by atoms with E-state index in [9.17, 15) is 0 Å². The molecule has 0 bridgehead atoms. The van der Waals surface area contributed by atoms with Crippen molar-refractivity contribution in [1.82, 2.24) is 0 Å². The molecule has 0 aliphatic heterocycles. The second-order valence-electron chi connectivity index (χ2n) is 3.85. The maximum atomic E-state index is 2.78. The van der Waals surface area contributed by atoms with Gasteiger partial charge in [0.15, 0.2) is 0 Å². The van der Waals surface area contributed by atoms with E-state index in [1.54, 1.807) is 5.56 Å². The van der Waals surface area contributed by atoms with Crippen molar-refractivity contribution in [2.24, 2.45) is 0 Å². The van der Waals surface area contributed by atoms with Gasteiger partial charge in [-0.3, -0.25) is 0 Å². The summed E-state index contributed by atoms with van der Waals surface area (Å²) in [5.74, 6) is 0. The van der Waals surface area contributed by atoms with E-state index in [2.05, 4.69) is 34.4 Å². The number of aryl methyl sites for hydroxylation is 1. The number of hydrogen-bond acceptors (Lipinski definition) is 0. The van der Waals surface area contributed by atoms with Crippen molar-refractivity contribution in [3.63, 3.8) is 0 Å². The molecule has 0 spiro atoms. The van der Waals surface area contributed by atoms with Gasteiger partial charge in [-0.25, -0.2) is 12.1 Å². The molecule has 0 fully saturated rings. The molecule has 2 aromatic rings. The minimum absolute atomic E-state index is 0. The fraction of sp³-hybridized carbons (Fsp3) is 0.333. The summed E-state index contributed by atoms with van der Waals surface area (Å²) in [5, 5.41) is 0. The van der Waals surface area contributed by atoms with E-state index in [1.165, 1.54) is 24.8 Å². The Labute approximate surface area is 118 Å². The zero-order chi connectivity index (χ0) is 11.6. The van der Waals surface area contributed by atoms with Gasteiger partial charge >= 0.3 is 0 Å². The standard InChI is InChI=1S/C10H16P.C5H5.Fe/c1-2-3-5-9-6-4-7-10(9)8-11;1-2-4-5-3-1;/h4,6-7H,2-3,5,8,11H2,1H3;1-5H;/q-1;-5;. The SMILES string of the molecule is CCCC[c-]1cccc1CP.[Fe].[cH-]1[cH-][cH-][cH-][cH-]1. The van der Waals surface area contributed by atoms with Gasteiger partial charge in [0.2, 0.25) is 0 Å². The summed E-state index contributed by atoms with van der Waals surface area (Å²) in [6, 6.07) is 16.6. The summed E-state index contributed by atoms with van der Waals surface area (Å²) in [7, 11) is 2.78. The molecular formula is C15H21FeP-6. The van der Waals surface area contributed by atoms with E-state index < -0.39 is 0 Å². The van der Waals surface area contributed by atoms with Crippen molar-refractivity contribution >= 4 is 9.24 Å². The Morgan fingerprint density at radius 1 is 1.18 bits per heavy atom. The smallest absolute Gasteiger partial charge is 0 e. The van der Waals surface area contributed by atoms with Crippen molar-refractivity contribution in [2.75, 3.05) is 0 Å². The second-order valence-corrected chi connectivity index (χ2v) is 4.25. The second kappa shape index (κ2) is 10.8. The van der Waals surface area contributed by atoms with E-state index in [4.69, 9.17) is 0 Å². The van der Waals surface area contributed by atoms with Crippen LogP contribution in [0, 0.1) is 0 Å². The predicted octanol–water partition coefficient (Wildman–Crippen LogP) is 4.53. The maximum Gasteiger partial charge on any atom is 0 e. The summed E-state index contributed by atoms with van der Waals surface area (Å²) < 4.78 is 0. The van der Waals surface area contributed by atoms with Crippen LogP contribution in [-0.2, 0) is 29.7 Å². The van der Waals surface area contributed by atoms with E-state index in [0.717, 1.165) is 6.16 Å². The minimum atomic E-state index is 0. The van der Waals surface area contributed by atoms with E-state index in [1.807, 2.05) is 30.3 Å². The molecule has 0 aromatic heterocycles. The molecule has 2 heteroatoms. The Balaban J connectivity index is 0.000000360. The molecule has 1 unspecified atom stereocenters. The van der Waals surface area contributed by atoms with Gasteiger partial charge in [-0.2, -0.15) is 17.2 Å². The third kappa shape index (κ3) is 6.84. The molecule has 2 aromatic carbocycles. The van der Waals surface area contributed by atoms with Crippen LogP contribution in [0.25, 0.3) is 0 Å². The Bertz CT molecular complexity index is 331. The predicted molar refractivity (Wildman–Crippen MR) is 76.1 cm³/mol. The van der Waals surface area contributed by atoms with Gasteiger partial charge in [0.1, 0.15) is 0 Å². The maximum absolute atomic E-state index is 2.78. The molecule has 0 saturated carbocycles. The summed E-state index contributed by atoms with van der Waals surface area (Å²) in [6.07, 6.45) is 4.97. The first-order chi connectivity index (χ1) is 7.88.